The van der Waals surface area contributed by atoms with Gasteiger partial charge in [0.1, 0.15) is 0 Å². The molecule has 0 atom stereocenters. The van der Waals surface area contributed by atoms with Gasteiger partial charge in [0.05, 0.1) is 0 Å². The summed E-state index contributed by atoms with van der Waals surface area (Å²) in [5, 5.41) is 14.7. The van der Waals surface area contributed by atoms with Crippen molar-refractivity contribution in [1.82, 2.24) is 25.2 Å². The van der Waals surface area contributed by atoms with Gasteiger partial charge in [-0.2, -0.15) is 0 Å². The summed E-state index contributed by atoms with van der Waals surface area (Å²) >= 11 is 0. The van der Waals surface area contributed by atoms with Crippen LogP contribution in [0.3, 0.4) is 0 Å². The van der Waals surface area contributed by atoms with Crippen molar-refractivity contribution in [2.24, 2.45) is 0 Å². The maximum absolute atomic E-state index is 12.4. The minimum absolute atomic E-state index is 0. The average Bonchev–Trinajstić information content (AvgIpc) is 2.95. The first-order valence-corrected chi connectivity index (χ1v) is 6.54. The molecule has 2 aromatic heterocycles. The minimum Gasteiger partial charge on any atom is -0.306 e. The predicted molar refractivity (Wildman–Crippen MR) is 76.8 cm³/mol. The number of aryl methyl sites for hydroxylation is 2. The smallest absolute Gasteiger partial charge is 0.249 e. The van der Waals surface area contributed by atoms with Gasteiger partial charge in [0.25, 0.3) is 0 Å². The van der Waals surface area contributed by atoms with Crippen LogP contribution in [0.2, 0.25) is 0 Å². The van der Waals surface area contributed by atoms with Gasteiger partial charge in [-0.25, -0.2) is 4.68 Å². The van der Waals surface area contributed by atoms with Gasteiger partial charge in [-0.3, -0.25) is 10.1 Å². The van der Waals surface area contributed by atoms with Crippen LogP contribution in [-0.2, 0) is 27.6 Å². The normalized spacial score (nSPS) is 10.3. The van der Waals surface area contributed by atoms with Crippen LogP contribution in [0.1, 0.15) is 22.8 Å². The molecule has 2 heterocycles. The summed E-state index contributed by atoms with van der Waals surface area (Å²) in [6, 6.07) is 8.48. The zero-order valence-corrected chi connectivity index (χ0v) is 15.0. The van der Waals surface area contributed by atoms with Crippen molar-refractivity contribution in [3.05, 3.63) is 41.6 Å². The molecule has 8 heteroatoms. The molecular weight excluding hydrogens is 452 g/mol. The van der Waals surface area contributed by atoms with E-state index in [1.807, 2.05) is 26.0 Å². The largest absolute Gasteiger partial charge is 0.306 e. The number of pyridine rings is 1. The van der Waals surface area contributed by atoms with Gasteiger partial charge in [0.15, 0.2) is 0 Å². The van der Waals surface area contributed by atoms with Crippen LogP contribution in [0.4, 0.5) is 5.95 Å². The van der Waals surface area contributed by atoms with Crippen LogP contribution >= 0.6 is 0 Å². The Labute approximate surface area is 141 Å². The van der Waals surface area contributed by atoms with E-state index in [2.05, 4.69) is 31.9 Å². The summed E-state index contributed by atoms with van der Waals surface area (Å²) in [5.74, 6) is 0.0452. The number of fused-ring (bicyclic) bond motifs is 1. The molecule has 0 fully saturated rings. The molecule has 3 aromatic rings. The van der Waals surface area contributed by atoms with Crippen molar-refractivity contribution < 1.29 is 25.9 Å². The van der Waals surface area contributed by atoms with Gasteiger partial charge in [0, 0.05) is 33.8 Å². The third-order valence-corrected chi connectivity index (χ3v) is 3.24. The Morgan fingerprint density at radius 3 is 3.05 bits per heavy atom. The maximum atomic E-state index is 12.4. The molecule has 112 valence electrons. The molecule has 1 N–H and O–H groups in total. The molecule has 0 unspecified atom stereocenters. The number of carbonyl (C=O) groups excluding carboxylic acids is 1. The molecule has 3 rings (SSSR count). The maximum Gasteiger partial charge on any atom is 0.249 e. The van der Waals surface area contributed by atoms with Crippen LogP contribution in [0.5, 0.6) is 0 Å². The quantitative estimate of drug-likeness (QED) is 0.595. The molecule has 1 aromatic carbocycles. The fraction of sp³-hybridized carbons (Fsp3) is 0.214. The van der Waals surface area contributed by atoms with E-state index in [9.17, 15) is 4.79 Å². The van der Waals surface area contributed by atoms with Gasteiger partial charge in [0.2, 0.25) is 11.9 Å². The number of benzene rings is 1. The van der Waals surface area contributed by atoms with Crippen LogP contribution in [-0.4, -0.2) is 31.1 Å². The van der Waals surface area contributed by atoms with E-state index < -0.39 is 0 Å². The van der Waals surface area contributed by atoms with E-state index in [1.165, 1.54) is 4.68 Å². The third kappa shape index (κ3) is 2.90. The van der Waals surface area contributed by atoms with Crippen LogP contribution in [0, 0.1) is 13.0 Å². The van der Waals surface area contributed by atoms with Crippen LogP contribution < -0.4 is 5.32 Å². The number of tetrazole rings is 1. The SMILES string of the molecule is CCn1nnnc1NC(=O)c1c[c-]c2cccnc2c1C.[W]. The second kappa shape index (κ2) is 6.75. The molecule has 0 saturated carbocycles. The monoisotopic (exact) mass is 465 g/mol. The second-order valence-corrected chi connectivity index (χ2v) is 4.50. The number of hydrogen-bond acceptors (Lipinski definition) is 5. The number of hydrogen-bond donors (Lipinski definition) is 1. The van der Waals surface area contributed by atoms with Crippen molar-refractivity contribution in [2.75, 3.05) is 5.32 Å². The van der Waals surface area contributed by atoms with E-state index in [4.69, 9.17) is 0 Å². The fourth-order valence-corrected chi connectivity index (χ4v) is 2.12. The van der Waals surface area contributed by atoms with Crippen LogP contribution in [0.25, 0.3) is 10.9 Å². The molecule has 22 heavy (non-hydrogen) atoms. The van der Waals surface area contributed by atoms with E-state index in [1.54, 1.807) is 12.3 Å². The molecule has 0 aliphatic rings. The Hall–Kier alpha value is -2.14. The Bertz CT molecular complexity index is 816. The molecule has 0 spiro atoms. The fourth-order valence-electron chi connectivity index (χ4n) is 2.12. The first-order valence-electron chi connectivity index (χ1n) is 6.54. The van der Waals surface area contributed by atoms with E-state index in [0.29, 0.717) is 18.1 Å². The predicted octanol–water partition coefficient (Wildman–Crippen LogP) is 1.60. The molecule has 7 nitrogen and oxygen atoms in total. The second-order valence-electron chi connectivity index (χ2n) is 4.50. The Morgan fingerprint density at radius 1 is 1.45 bits per heavy atom. The first kappa shape index (κ1) is 16.2. The van der Waals surface area contributed by atoms with Crippen molar-refractivity contribution in [3.8, 4) is 0 Å². The number of carbonyl (C=O) groups is 1. The summed E-state index contributed by atoms with van der Waals surface area (Å²) in [4.78, 5) is 16.7. The summed E-state index contributed by atoms with van der Waals surface area (Å²) in [5.41, 5.74) is 2.07. The van der Waals surface area contributed by atoms with Gasteiger partial charge >= 0.3 is 0 Å². The number of nitrogens with one attached hydrogen (secondary N) is 1. The molecule has 1 amide bonds. The Balaban J connectivity index is 0.00000176. The number of aromatic nitrogens is 5. The number of rotatable bonds is 3. The van der Waals surface area contributed by atoms with Gasteiger partial charge in [-0.05, 0) is 28.4 Å². The topological polar surface area (TPSA) is 85.6 Å². The number of nitrogens with zero attached hydrogens (tertiary/aromatic N) is 5. The number of anilines is 1. The zero-order valence-electron chi connectivity index (χ0n) is 12.1. The van der Waals surface area contributed by atoms with Gasteiger partial charge < -0.3 is 4.98 Å². The summed E-state index contributed by atoms with van der Waals surface area (Å²) in [6.45, 7) is 4.33. The third-order valence-electron chi connectivity index (χ3n) is 3.24. The van der Waals surface area contributed by atoms with Crippen molar-refractivity contribution in [1.29, 1.82) is 0 Å². The van der Waals surface area contributed by atoms with Crippen molar-refractivity contribution in [2.45, 2.75) is 20.4 Å². The summed E-state index contributed by atoms with van der Waals surface area (Å²) in [6.07, 6.45) is 1.70. The molecular formula is C14H13N6OW-. The van der Waals surface area contributed by atoms with E-state index in [0.717, 1.165) is 16.5 Å². The first-order chi connectivity index (χ1) is 10.2. The van der Waals surface area contributed by atoms with Crippen molar-refractivity contribution >= 4 is 22.8 Å². The molecule has 0 saturated heterocycles. The Kier molecular flexibility index (Phi) is 4.98. The van der Waals surface area contributed by atoms with Crippen LogP contribution in [0.15, 0.2) is 24.4 Å². The van der Waals surface area contributed by atoms with Gasteiger partial charge in [-0.15, -0.1) is 23.6 Å². The van der Waals surface area contributed by atoms with E-state index >= 15 is 0 Å². The molecule has 0 radical (unpaired) electrons. The summed E-state index contributed by atoms with van der Waals surface area (Å²) in [7, 11) is 0. The average molecular weight is 465 g/mol. The molecule has 0 aliphatic heterocycles. The molecule has 0 aliphatic carbocycles. The molecule has 0 bridgehead atoms. The summed E-state index contributed by atoms with van der Waals surface area (Å²) < 4.78 is 1.51. The van der Waals surface area contributed by atoms with Crippen molar-refractivity contribution in [3.63, 3.8) is 0 Å². The Morgan fingerprint density at radius 2 is 2.27 bits per heavy atom. The minimum atomic E-state index is -0.277. The number of amides is 1. The van der Waals surface area contributed by atoms with Gasteiger partial charge in [-0.1, -0.05) is 23.7 Å². The standard InChI is InChI=1S/C14H13N6O.W/c1-3-20-14(17-18-19-20)16-13(21)11-7-6-10-5-4-8-15-12(10)9(11)2;/h4-5,7-8H,3H2,1-2H3,(H,16,17,19,21);/q-1;. The van der Waals surface area contributed by atoms with E-state index in [-0.39, 0.29) is 27.0 Å². The zero-order chi connectivity index (χ0) is 14.8.